The molecular formula is C21H24N4O2S. The van der Waals surface area contributed by atoms with Crippen LogP contribution in [0.25, 0.3) is 16.7 Å². The zero-order valence-electron chi connectivity index (χ0n) is 16.1. The number of aromatic nitrogens is 3. The first-order chi connectivity index (χ1) is 13.5. The maximum absolute atomic E-state index is 13.1. The highest BCUT2D eigenvalue weighted by atomic mass is 32.2. The number of hydrogen-bond acceptors (Lipinski definition) is 4. The fourth-order valence-corrected chi connectivity index (χ4v) is 4.49. The van der Waals surface area contributed by atoms with Crippen molar-refractivity contribution in [1.29, 1.82) is 0 Å². The molecule has 0 aliphatic heterocycles. The molecule has 2 N–H and O–H groups in total. The quantitative estimate of drug-likeness (QED) is 0.511. The van der Waals surface area contributed by atoms with Gasteiger partial charge in [0.25, 0.3) is 5.56 Å². The predicted octanol–water partition coefficient (Wildman–Crippen LogP) is 3.48. The van der Waals surface area contributed by atoms with Gasteiger partial charge in [-0.1, -0.05) is 42.3 Å². The first-order valence-electron chi connectivity index (χ1n) is 9.63. The molecule has 0 unspecified atom stereocenters. The smallest absolute Gasteiger partial charge is 0.283 e. The Labute approximate surface area is 167 Å². The van der Waals surface area contributed by atoms with Gasteiger partial charge in [-0.05, 0) is 44.9 Å². The van der Waals surface area contributed by atoms with Crippen molar-refractivity contribution in [2.24, 2.45) is 0 Å². The molecule has 7 heteroatoms. The van der Waals surface area contributed by atoms with Crippen LogP contribution in [0.5, 0.6) is 0 Å². The van der Waals surface area contributed by atoms with E-state index in [4.69, 9.17) is 0 Å². The summed E-state index contributed by atoms with van der Waals surface area (Å²) in [5.74, 6) is 0.232. The molecule has 2 aromatic heterocycles. The monoisotopic (exact) mass is 396 g/mol. The third-order valence-corrected chi connectivity index (χ3v) is 6.04. The van der Waals surface area contributed by atoms with Gasteiger partial charge in [0, 0.05) is 11.7 Å². The van der Waals surface area contributed by atoms with Crippen LogP contribution in [0.4, 0.5) is 0 Å². The van der Waals surface area contributed by atoms with E-state index in [0.717, 1.165) is 29.8 Å². The molecule has 28 heavy (non-hydrogen) atoms. The molecule has 146 valence electrons. The van der Waals surface area contributed by atoms with Crippen LogP contribution in [0.1, 0.15) is 36.9 Å². The Balaban J connectivity index is 1.67. The van der Waals surface area contributed by atoms with Crippen LogP contribution in [0, 0.1) is 13.8 Å². The van der Waals surface area contributed by atoms with Gasteiger partial charge in [-0.15, -0.1) is 0 Å². The van der Waals surface area contributed by atoms with Gasteiger partial charge in [0.05, 0.1) is 17.0 Å². The molecule has 4 rings (SSSR count). The van der Waals surface area contributed by atoms with E-state index in [1.54, 1.807) is 4.57 Å². The average Bonchev–Trinajstić information content (AvgIpc) is 3.30. The SMILES string of the molecule is Cc1ccc(-n2c(SCC(=O)NC3CCCC3)nc3cc(C)[nH]c3c2=O)cc1. The van der Waals surface area contributed by atoms with Gasteiger partial charge in [0.15, 0.2) is 5.16 Å². The van der Waals surface area contributed by atoms with Crippen molar-refractivity contribution in [2.45, 2.75) is 50.7 Å². The molecular weight excluding hydrogens is 372 g/mol. The molecule has 3 aromatic rings. The number of thioether (sulfide) groups is 1. The largest absolute Gasteiger partial charge is 0.353 e. The van der Waals surface area contributed by atoms with E-state index in [1.807, 2.05) is 44.2 Å². The van der Waals surface area contributed by atoms with Crippen LogP contribution in [0.3, 0.4) is 0 Å². The molecule has 1 amide bonds. The Bertz CT molecular complexity index is 1060. The van der Waals surface area contributed by atoms with Crippen LogP contribution in [0.2, 0.25) is 0 Å². The third kappa shape index (κ3) is 3.85. The summed E-state index contributed by atoms with van der Waals surface area (Å²) >= 11 is 1.30. The molecule has 0 saturated heterocycles. The fourth-order valence-electron chi connectivity index (χ4n) is 3.67. The van der Waals surface area contributed by atoms with Crippen molar-refractivity contribution in [3.05, 3.63) is 51.9 Å². The second-order valence-corrected chi connectivity index (χ2v) is 8.36. The summed E-state index contributed by atoms with van der Waals surface area (Å²) in [6.07, 6.45) is 4.46. The molecule has 6 nitrogen and oxygen atoms in total. The van der Waals surface area contributed by atoms with E-state index in [0.29, 0.717) is 16.2 Å². The molecule has 0 radical (unpaired) electrons. The van der Waals surface area contributed by atoms with Gasteiger partial charge in [0.1, 0.15) is 5.52 Å². The minimum absolute atomic E-state index is 0.00745. The van der Waals surface area contributed by atoms with Crippen LogP contribution in [0.15, 0.2) is 40.3 Å². The molecule has 0 atom stereocenters. The highest BCUT2D eigenvalue weighted by Crippen LogP contribution is 2.23. The van der Waals surface area contributed by atoms with Crippen LogP contribution in [-0.4, -0.2) is 32.2 Å². The van der Waals surface area contributed by atoms with E-state index in [2.05, 4.69) is 15.3 Å². The van der Waals surface area contributed by atoms with Crippen molar-refractivity contribution in [3.8, 4) is 5.69 Å². The number of fused-ring (bicyclic) bond motifs is 1. The van der Waals surface area contributed by atoms with Gasteiger partial charge in [0.2, 0.25) is 5.91 Å². The lowest BCUT2D eigenvalue weighted by Gasteiger charge is -2.14. The van der Waals surface area contributed by atoms with E-state index < -0.39 is 0 Å². The van der Waals surface area contributed by atoms with E-state index in [9.17, 15) is 9.59 Å². The number of carbonyl (C=O) groups excluding carboxylic acids is 1. The van der Waals surface area contributed by atoms with Gasteiger partial charge < -0.3 is 10.3 Å². The number of amides is 1. The lowest BCUT2D eigenvalue weighted by atomic mass is 10.2. The van der Waals surface area contributed by atoms with Crippen LogP contribution in [-0.2, 0) is 4.79 Å². The Morgan fingerprint density at radius 2 is 1.96 bits per heavy atom. The molecule has 1 saturated carbocycles. The second-order valence-electron chi connectivity index (χ2n) is 7.42. The highest BCUT2D eigenvalue weighted by molar-refractivity contribution is 7.99. The zero-order valence-corrected chi connectivity index (χ0v) is 16.9. The number of aryl methyl sites for hydroxylation is 2. The molecule has 1 fully saturated rings. The van der Waals surface area contributed by atoms with Crippen LogP contribution < -0.4 is 10.9 Å². The normalized spacial score (nSPS) is 14.6. The Kier molecular flexibility index (Phi) is 5.26. The van der Waals surface area contributed by atoms with Crippen molar-refractivity contribution < 1.29 is 4.79 Å². The lowest BCUT2D eigenvalue weighted by molar-refractivity contribution is -0.119. The number of hydrogen-bond donors (Lipinski definition) is 2. The first-order valence-corrected chi connectivity index (χ1v) is 10.6. The number of aromatic amines is 1. The van der Waals surface area contributed by atoms with Crippen molar-refractivity contribution in [3.63, 3.8) is 0 Å². The summed E-state index contributed by atoms with van der Waals surface area (Å²) in [7, 11) is 0. The number of rotatable bonds is 5. The highest BCUT2D eigenvalue weighted by Gasteiger charge is 2.19. The number of nitrogens with zero attached hydrogens (tertiary/aromatic N) is 2. The van der Waals surface area contributed by atoms with Crippen LogP contribution >= 0.6 is 11.8 Å². The van der Waals surface area contributed by atoms with Crippen molar-refractivity contribution in [1.82, 2.24) is 19.9 Å². The van der Waals surface area contributed by atoms with Crippen molar-refractivity contribution >= 4 is 28.7 Å². The minimum Gasteiger partial charge on any atom is -0.353 e. The number of nitrogens with one attached hydrogen (secondary N) is 2. The topological polar surface area (TPSA) is 79.8 Å². The maximum atomic E-state index is 13.1. The summed E-state index contributed by atoms with van der Waals surface area (Å²) in [5, 5.41) is 3.62. The summed E-state index contributed by atoms with van der Waals surface area (Å²) in [6.45, 7) is 3.91. The summed E-state index contributed by atoms with van der Waals surface area (Å²) in [6, 6.07) is 9.89. The maximum Gasteiger partial charge on any atom is 0.283 e. The molecule has 0 spiro atoms. The fraction of sp³-hybridized carbons (Fsp3) is 0.381. The predicted molar refractivity (Wildman–Crippen MR) is 112 cm³/mol. The summed E-state index contributed by atoms with van der Waals surface area (Å²) < 4.78 is 1.59. The van der Waals surface area contributed by atoms with Gasteiger partial charge in [-0.3, -0.25) is 14.2 Å². The summed E-state index contributed by atoms with van der Waals surface area (Å²) in [4.78, 5) is 33.3. The zero-order chi connectivity index (χ0) is 19.7. The second kappa shape index (κ2) is 7.83. The molecule has 1 aliphatic carbocycles. The average molecular weight is 397 g/mol. The van der Waals surface area contributed by atoms with E-state index >= 15 is 0 Å². The molecule has 1 aliphatic rings. The Hall–Kier alpha value is -2.54. The van der Waals surface area contributed by atoms with Crippen molar-refractivity contribution in [2.75, 3.05) is 5.75 Å². The minimum atomic E-state index is -0.152. The molecule has 0 bridgehead atoms. The number of carbonyl (C=O) groups is 1. The molecule has 2 heterocycles. The summed E-state index contributed by atoms with van der Waals surface area (Å²) in [5.41, 5.74) is 3.71. The standard InChI is InChI=1S/C21H24N4O2S/c1-13-7-9-16(10-8-13)25-20(27)19-17(11-14(2)22-19)24-21(25)28-12-18(26)23-15-5-3-4-6-15/h7-11,15,22H,3-6,12H2,1-2H3,(H,23,26). The number of H-pyrrole nitrogens is 1. The van der Waals surface area contributed by atoms with E-state index in [-0.39, 0.29) is 23.3 Å². The lowest BCUT2D eigenvalue weighted by Crippen LogP contribution is -2.34. The van der Waals surface area contributed by atoms with Gasteiger partial charge in [-0.25, -0.2) is 4.98 Å². The Morgan fingerprint density at radius 3 is 2.68 bits per heavy atom. The first kappa shape index (κ1) is 18.8. The van der Waals surface area contributed by atoms with Gasteiger partial charge in [-0.2, -0.15) is 0 Å². The Morgan fingerprint density at radius 1 is 1.25 bits per heavy atom. The molecule has 1 aromatic carbocycles. The van der Waals surface area contributed by atoms with Gasteiger partial charge >= 0.3 is 0 Å². The van der Waals surface area contributed by atoms with E-state index in [1.165, 1.54) is 24.6 Å². The third-order valence-electron chi connectivity index (χ3n) is 5.10. The number of benzene rings is 1.